The fourth-order valence-electron chi connectivity index (χ4n) is 4.20. The van der Waals surface area contributed by atoms with Gasteiger partial charge in [0.15, 0.2) is 0 Å². The quantitative estimate of drug-likeness (QED) is 0.630. The molecular weight excluding hydrogens is 404 g/mol. The summed E-state index contributed by atoms with van der Waals surface area (Å²) in [6.45, 7) is 2.24. The summed E-state index contributed by atoms with van der Waals surface area (Å²) in [4.78, 5) is 31.7. The van der Waals surface area contributed by atoms with Crippen LogP contribution in [-0.2, 0) is 17.8 Å². The number of anilines is 2. The van der Waals surface area contributed by atoms with Crippen molar-refractivity contribution in [1.29, 1.82) is 0 Å². The molecule has 2 aliphatic rings. The number of hydrogen-bond acceptors (Lipinski definition) is 5. The normalized spacial score (nSPS) is 17.3. The number of rotatable bonds is 6. The molecule has 2 aliphatic heterocycles. The highest BCUT2D eigenvalue weighted by Gasteiger charge is 2.31. The predicted molar refractivity (Wildman–Crippen MR) is 122 cm³/mol. The number of carbonyl (C=O) groups excluding carboxylic acids is 2. The number of amides is 2. The van der Waals surface area contributed by atoms with Crippen LogP contribution in [0.3, 0.4) is 0 Å². The molecule has 0 bridgehead atoms. The van der Waals surface area contributed by atoms with Crippen molar-refractivity contribution in [3.8, 4) is 5.75 Å². The van der Waals surface area contributed by atoms with E-state index in [1.807, 2.05) is 42.5 Å². The van der Waals surface area contributed by atoms with Crippen LogP contribution in [0, 0.1) is 0 Å². The van der Waals surface area contributed by atoms with Crippen molar-refractivity contribution >= 4 is 23.2 Å². The first-order valence-corrected chi connectivity index (χ1v) is 10.8. The smallest absolute Gasteiger partial charge is 0.261 e. The van der Waals surface area contributed by atoms with Crippen LogP contribution < -0.4 is 20.3 Å². The van der Waals surface area contributed by atoms with Gasteiger partial charge in [0, 0.05) is 30.7 Å². The lowest BCUT2D eigenvalue weighted by Crippen LogP contribution is -2.24. The van der Waals surface area contributed by atoms with Crippen LogP contribution in [0.4, 0.5) is 11.4 Å². The molecule has 7 heteroatoms. The lowest BCUT2D eigenvalue weighted by atomic mass is 10.1. The molecule has 1 aromatic heterocycles. The summed E-state index contributed by atoms with van der Waals surface area (Å²) < 4.78 is 6.06. The third-order valence-electron chi connectivity index (χ3n) is 5.75. The Morgan fingerprint density at radius 1 is 1.19 bits per heavy atom. The highest BCUT2D eigenvalue weighted by molar-refractivity contribution is 6.15. The average molecular weight is 428 g/mol. The Balaban J connectivity index is 1.33. The zero-order chi connectivity index (χ0) is 21.9. The van der Waals surface area contributed by atoms with Crippen LogP contribution >= 0.6 is 0 Å². The van der Waals surface area contributed by atoms with Gasteiger partial charge in [-0.25, -0.2) is 0 Å². The van der Waals surface area contributed by atoms with E-state index in [-0.39, 0.29) is 24.3 Å². The number of benzene rings is 2. The second kappa shape index (κ2) is 8.80. The standard InChI is InChI=1S/C25H24N4O3/c30-23(12-17-4-3-10-26-14-17)28-22-8-1-5-18-16-29(25(31)24(18)22)19-6-2-7-20(13-19)32-21-9-11-27-15-21/h1-8,10,13-14,21,27H,9,11-12,15-16H2,(H,28,30). The van der Waals surface area contributed by atoms with Gasteiger partial charge in [0.25, 0.3) is 5.91 Å². The van der Waals surface area contributed by atoms with E-state index in [4.69, 9.17) is 4.74 Å². The first kappa shape index (κ1) is 20.2. The molecule has 162 valence electrons. The minimum absolute atomic E-state index is 0.128. The van der Waals surface area contributed by atoms with E-state index in [1.165, 1.54) is 0 Å². The Labute approximate surface area is 186 Å². The number of carbonyl (C=O) groups is 2. The van der Waals surface area contributed by atoms with Crippen LogP contribution in [0.1, 0.15) is 27.9 Å². The van der Waals surface area contributed by atoms with Crippen molar-refractivity contribution in [2.45, 2.75) is 25.5 Å². The third-order valence-corrected chi connectivity index (χ3v) is 5.75. The van der Waals surface area contributed by atoms with Crippen molar-refractivity contribution in [3.63, 3.8) is 0 Å². The predicted octanol–water partition coefficient (Wildman–Crippen LogP) is 3.16. The number of pyridine rings is 1. The Morgan fingerprint density at radius 2 is 2.09 bits per heavy atom. The molecule has 1 fully saturated rings. The summed E-state index contributed by atoms with van der Waals surface area (Å²) in [5.74, 6) is 0.445. The summed E-state index contributed by atoms with van der Waals surface area (Å²) in [7, 11) is 0. The minimum Gasteiger partial charge on any atom is -0.489 e. The van der Waals surface area contributed by atoms with Gasteiger partial charge in [-0.1, -0.05) is 24.3 Å². The number of fused-ring (bicyclic) bond motifs is 1. The van der Waals surface area contributed by atoms with Crippen LogP contribution in [0.2, 0.25) is 0 Å². The van der Waals surface area contributed by atoms with E-state index >= 15 is 0 Å². The molecule has 2 aromatic carbocycles. The molecule has 0 saturated carbocycles. The summed E-state index contributed by atoms with van der Waals surface area (Å²) >= 11 is 0. The molecule has 7 nitrogen and oxygen atoms in total. The summed E-state index contributed by atoms with van der Waals surface area (Å²) in [6.07, 6.45) is 4.66. The van der Waals surface area contributed by atoms with Gasteiger partial charge in [-0.05, 0) is 48.4 Å². The van der Waals surface area contributed by atoms with Crippen molar-refractivity contribution < 1.29 is 14.3 Å². The second-order valence-corrected chi connectivity index (χ2v) is 8.05. The molecule has 1 unspecified atom stereocenters. The van der Waals surface area contributed by atoms with Crippen LogP contribution in [0.5, 0.6) is 5.75 Å². The summed E-state index contributed by atoms with van der Waals surface area (Å²) in [5.41, 5.74) is 3.56. The van der Waals surface area contributed by atoms with Gasteiger partial charge < -0.3 is 20.3 Å². The van der Waals surface area contributed by atoms with E-state index < -0.39 is 0 Å². The van der Waals surface area contributed by atoms with Crippen molar-refractivity contribution in [1.82, 2.24) is 10.3 Å². The van der Waals surface area contributed by atoms with Gasteiger partial charge in [-0.2, -0.15) is 0 Å². The maximum Gasteiger partial charge on any atom is 0.261 e. The first-order chi connectivity index (χ1) is 15.7. The number of ether oxygens (including phenoxy) is 1. The molecule has 2 N–H and O–H groups in total. The molecule has 1 saturated heterocycles. The van der Waals surface area contributed by atoms with Crippen molar-refractivity contribution in [2.75, 3.05) is 23.3 Å². The van der Waals surface area contributed by atoms with Gasteiger partial charge in [-0.15, -0.1) is 0 Å². The number of aromatic nitrogens is 1. The maximum absolute atomic E-state index is 13.3. The highest BCUT2D eigenvalue weighted by Crippen LogP contribution is 2.34. The van der Waals surface area contributed by atoms with Gasteiger partial charge >= 0.3 is 0 Å². The zero-order valence-electron chi connectivity index (χ0n) is 17.6. The second-order valence-electron chi connectivity index (χ2n) is 8.05. The fraction of sp³-hybridized carbons (Fsp3) is 0.240. The molecule has 5 rings (SSSR count). The monoisotopic (exact) mass is 428 g/mol. The number of nitrogens with zero attached hydrogens (tertiary/aromatic N) is 2. The van der Waals surface area contributed by atoms with Gasteiger partial charge in [0.1, 0.15) is 11.9 Å². The van der Waals surface area contributed by atoms with E-state index in [0.717, 1.165) is 42.1 Å². The minimum atomic E-state index is -0.182. The molecule has 3 heterocycles. The lowest BCUT2D eigenvalue weighted by Gasteiger charge is -2.18. The Hall–Kier alpha value is -3.71. The van der Waals surface area contributed by atoms with Crippen LogP contribution in [0.25, 0.3) is 0 Å². The van der Waals surface area contributed by atoms with E-state index in [2.05, 4.69) is 15.6 Å². The topological polar surface area (TPSA) is 83.6 Å². The Kier molecular flexibility index (Phi) is 5.56. The molecule has 32 heavy (non-hydrogen) atoms. The SMILES string of the molecule is O=C(Cc1cccnc1)Nc1cccc2c1C(=O)N(c1cccc(OC3CCNC3)c1)C2. The molecule has 0 spiro atoms. The molecular formula is C25H24N4O3. The number of nitrogens with one attached hydrogen (secondary N) is 2. The third kappa shape index (κ3) is 4.20. The van der Waals surface area contributed by atoms with Crippen LogP contribution in [-0.4, -0.2) is 36.0 Å². The van der Waals surface area contributed by atoms with Crippen molar-refractivity contribution in [3.05, 3.63) is 83.7 Å². The van der Waals surface area contributed by atoms with Crippen molar-refractivity contribution in [2.24, 2.45) is 0 Å². The highest BCUT2D eigenvalue weighted by atomic mass is 16.5. The zero-order valence-corrected chi connectivity index (χ0v) is 17.6. The maximum atomic E-state index is 13.3. The number of hydrogen-bond donors (Lipinski definition) is 2. The lowest BCUT2D eigenvalue weighted by molar-refractivity contribution is -0.115. The van der Waals surface area contributed by atoms with E-state index in [9.17, 15) is 9.59 Å². The Morgan fingerprint density at radius 3 is 2.91 bits per heavy atom. The molecule has 0 aliphatic carbocycles. The molecule has 0 radical (unpaired) electrons. The van der Waals surface area contributed by atoms with Gasteiger partial charge in [0.2, 0.25) is 5.91 Å². The summed E-state index contributed by atoms with van der Waals surface area (Å²) in [5, 5.41) is 6.20. The summed E-state index contributed by atoms with van der Waals surface area (Å²) in [6, 6.07) is 16.8. The fourth-order valence-corrected chi connectivity index (χ4v) is 4.20. The first-order valence-electron chi connectivity index (χ1n) is 10.8. The largest absolute Gasteiger partial charge is 0.489 e. The molecule has 3 aromatic rings. The van der Waals surface area contributed by atoms with E-state index in [0.29, 0.717) is 17.8 Å². The van der Waals surface area contributed by atoms with Gasteiger partial charge in [0.05, 0.1) is 24.2 Å². The van der Waals surface area contributed by atoms with Gasteiger partial charge in [-0.3, -0.25) is 14.6 Å². The van der Waals surface area contributed by atoms with Crippen LogP contribution in [0.15, 0.2) is 67.0 Å². The molecule has 2 amide bonds. The Bertz CT molecular complexity index is 1140. The van der Waals surface area contributed by atoms with E-state index in [1.54, 1.807) is 29.4 Å². The average Bonchev–Trinajstić information content (AvgIpc) is 3.43. The molecule has 1 atom stereocenters.